The van der Waals surface area contributed by atoms with Crippen molar-refractivity contribution >= 4 is 10.0 Å². The number of piperidine rings is 1. The predicted octanol–water partition coefficient (Wildman–Crippen LogP) is 1.88. The van der Waals surface area contributed by atoms with E-state index in [0.717, 1.165) is 18.6 Å². The summed E-state index contributed by atoms with van der Waals surface area (Å²) >= 11 is 0. The van der Waals surface area contributed by atoms with Gasteiger partial charge in [0.15, 0.2) is 17.4 Å². The highest BCUT2D eigenvalue weighted by Gasteiger charge is 2.41. The van der Waals surface area contributed by atoms with Crippen molar-refractivity contribution in [2.45, 2.75) is 29.9 Å². The Labute approximate surface area is 127 Å². The Morgan fingerprint density at radius 1 is 1.05 bits per heavy atom. The minimum Gasteiger partial charge on any atom is -0.350 e. The Morgan fingerprint density at radius 3 is 2.27 bits per heavy atom. The van der Waals surface area contributed by atoms with Crippen LogP contribution in [0.15, 0.2) is 23.1 Å². The number of nitrogens with zero attached hydrogens (tertiary/aromatic N) is 1. The average Bonchev–Trinajstić information content (AvgIpc) is 2.51. The third-order valence-corrected chi connectivity index (χ3v) is 5.93. The molecule has 5 nitrogen and oxygen atoms in total. The van der Waals surface area contributed by atoms with E-state index in [1.807, 2.05) is 0 Å². The molecule has 1 spiro atoms. The van der Waals surface area contributed by atoms with Crippen molar-refractivity contribution in [3.8, 4) is 0 Å². The summed E-state index contributed by atoms with van der Waals surface area (Å²) in [6.45, 7) is 1.66. The van der Waals surface area contributed by atoms with Crippen LogP contribution in [0.5, 0.6) is 0 Å². The van der Waals surface area contributed by atoms with Crippen molar-refractivity contribution < 1.29 is 26.7 Å². The van der Waals surface area contributed by atoms with E-state index in [1.54, 1.807) is 0 Å². The van der Waals surface area contributed by atoms with Gasteiger partial charge in [0.1, 0.15) is 0 Å². The molecular formula is C14H17F2NO4S. The molecular weight excluding hydrogens is 316 g/mol. The second-order valence-corrected chi connectivity index (χ2v) is 7.38. The van der Waals surface area contributed by atoms with E-state index < -0.39 is 27.4 Å². The molecule has 0 atom stereocenters. The molecule has 2 aliphatic heterocycles. The SMILES string of the molecule is O=S(=O)(c1ccc(F)c(F)c1)N1CCC2(CC1)OCCCO2. The van der Waals surface area contributed by atoms with Gasteiger partial charge in [-0.25, -0.2) is 17.2 Å². The van der Waals surface area contributed by atoms with E-state index in [4.69, 9.17) is 9.47 Å². The number of hydrogen-bond acceptors (Lipinski definition) is 4. The molecule has 1 aromatic rings. The standard InChI is InChI=1S/C14H17F2NO4S/c15-12-3-2-11(10-13(12)16)22(18,19)17-6-4-14(5-7-17)20-8-1-9-21-14/h2-3,10H,1,4-9H2. The zero-order valence-electron chi connectivity index (χ0n) is 11.9. The lowest BCUT2D eigenvalue weighted by Gasteiger charge is -2.42. The maximum atomic E-state index is 13.3. The highest BCUT2D eigenvalue weighted by atomic mass is 32.2. The van der Waals surface area contributed by atoms with Gasteiger partial charge < -0.3 is 9.47 Å². The van der Waals surface area contributed by atoms with Gasteiger partial charge in [0.2, 0.25) is 10.0 Å². The van der Waals surface area contributed by atoms with Gasteiger partial charge in [-0.1, -0.05) is 0 Å². The van der Waals surface area contributed by atoms with E-state index in [-0.39, 0.29) is 18.0 Å². The van der Waals surface area contributed by atoms with E-state index in [1.165, 1.54) is 4.31 Å². The summed E-state index contributed by atoms with van der Waals surface area (Å²) in [4.78, 5) is -0.243. The molecule has 0 aliphatic carbocycles. The number of halogens is 2. The Hall–Kier alpha value is -1.09. The molecule has 2 fully saturated rings. The fraction of sp³-hybridized carbons (Fsp3) is 0.571. The van der Waals surface area contributed by atoms with Crippen molar-refractivity contribution in [3.05, 3.63) is 29.8 Å². The van der Waals surface area contributed by atoms with Crippen LogP contribution in [0.1, 0.15) is 19.3 Å². The molecule has 0 bridgehead atoms. The van der Waals surface area contributed by atoms with Crippen molar-refractivity contribution in [1.29, 1.82) is 0 Å². The lowest BCUT2D eigenvalue weighted by molar-refractivity contribution is -0.280. The first-order valence-corrected chi connectivity index (χ1v) is 8.60. The number of sulfonamides is 1. The van der Waals surface area contributed by atoms with Crippen LogP contribution in [0, 0.1) is 11.6 Å². The summed E-state index contributed by atoms with van der Waals surface area (Å²) in [6.07, 6.45) is 1.68. The summed E-state index contributed by atoms with van der Waals surface area (Å²) in [6, 6.07) is 2.61. The Balaban J connectivity index is 1.75. The van der Waals surface area contributed by atoms with Crippen LogP contribution in [0.2, 0.25) is 0 Å². The van der Waals surface area contributed by atoms with Crippen molar-refractivity contribution in [3.63, 3.8) is 0 Å². The van der Waals surface area contributed by atoms with Crippen molar-refractivity contribution in [2.24, 2.45) is 0 Å². The second-order valence-electron chi connectivity index (χ2n) is 5.44. The molecule has 0 amide bonds. The van der Waals surface area contributed by atoms with E-state index in [0.29, 0.717) is 32.1 Å². The van der Waals surface area contributed by atoms with Gasteiger partial charge in [0.25, 0.3) is 0 Å². The molecule has 3 rings (SSSR count). The third-order valence-electron chi connectivity index (χ3n) is 4.03. The zero-order chi connectivity index (χ0) is 15.8. The quantitative estimate of drug-likeness (QED) is 0.829. The molecule has 1 aromatic carbocycles. The molecule has 2 saturated heterocycles. The second kappa shape index (κ2) is 5.84. The van der Waals surface area contributed by atoms with Gasteiger partial charge in [-0.05, 0) is 24.6 Å². The molecule has 22 heavy (non-hydrogen) atoms. The van der Waals surface area contributed by atoms with Gasteiger partial charge >= 0.3 is 0 Å². The topological polar surface area (TPSA) is 55.8 Å². The van der Waals surface area contributed by atoms with Crippen LogP contribution in [0.3, 0.4) is 0 Å². The minimum absolute atomic E-state index is 0.224. The monoisotopic (exact) mass is 333 g/mol. The molecule has 8 heteroatoms. The Kier molecular flexibility index (Phi) is 4.19. The van der Waals surface area contributed by atoms with Crippen LogP contribution in [0.4, 0.5) is 8.78 Å². The summed E-state index contributed by atoms with van der Waals surface area (Å²) in [7, 11) is -3.84. The summed E-state index contributed by atoms with van der Waals surface area (Å²) in [5.74, 6) is -2.94. The van der Waals surface area contributed by atoms with E-state index in [9.17, 15) is 17.2 Å². The van der Waals surface area contributed by atoms with Gasteiger partial charge in [-0.2, -0.15) is 4.31 Å². The molecule has 0 aromatic heterocycles. The number of ether oxygens (including phenoxy) is 2. The molecule has 2 aliphatic rings. The Bertz CT molecular complexity index is 649. The summed E-state index contributed by atoms with van der Waals surface area (Å²) < 4.78 is 63.7. The first-order valence-electron chi connectivity index (χ1n) is 7.16. The maximum Gasteiger partial charge on any atom is 0.243 e. The number of rotatable bonds is 2. The molecule has 0 unspecified atom stereocenters. The minimum atomic E-state index is -3.84. The van der Waals surface area contributed by atoms with Crippen LogP contribution >= 0.6 is 0 Å². The molecule has 122 valence electrons. The molecule has 2 heterocycles. The lowest BCUT2D eigenvalue weighted by Crippen LogP contribution is -2.51. The van der Waals surface area contributed by atoms with Crippen LogP contribution in [0.25, 0.3) is 0 Å². The van der Waals surface area contributed by atoms with Gasteiger partial charge in [0, 0.05) is 25.9 Å². The van der Waals surface area contributed by atoms with E-state index in [2.05, 4.69) is 0 Å². The zero-order valence-corrected chi connectivity index (χ0v) is 12.7. The van der Waals surface area contributed by atoms with Gasteiger partial charge in [0.05, 0.1) is 18.1 Å². The van der Waals surface area contributed by atoms with Crippen LogP contribution in [-0.2, 0) is 19.5 Å². The highest BCUT2D eigenvalue weighted by molar-refractivity contribution is 7.89. The maximum absolute atomic E-state index is 13.3. The van der Waals surface area contributed by atoms with Gasteiger partial charge in [-0.15, -0.1) is 0 Å². The van der Waals surface area contributed by atoms with E-state index >= 15 is 0 Å². The predicted molar refractivity (Wildman–Crippen MR) is 73.6 cm³/mol. The van der Waals surface area contributed by atoms with Crippen molar-refractivity contribution in [2.75, 3.05) is 26.3 Å². The van der Waals surface area contributed by atoms with Crippen molar-refractivity contribution in [1.82, 2.24) is 4.31 Å². The summed E-state index contributed by atoms with van der Waals surface area (Å²) in [5, 5.41) is 0. The van der Waals surface area contributed by atoms with Crippen LogP contribution in [-0.4, -0.2) is 44.8 Å². The smallest absolute Gasteiger partial charge is 0.243 e. The normalized spacial score (nSPS) is 22.8. The first-order chi connectivity index (χ1) is 10.4. The largest absolute Gasteiger partial charge is 0.350 e. The molecule has 0 saturated carbocycles. The lowest BCUT2D eigenvalue weighted by atomic mass is 10.0. The fourth-order valence-electron chi connectivity index (χ4n) is 2.76. The summed E-state index contributed by atoms with van der Waals surface area (Å²) in [5.41, 5.74) is 0. The number of hydrogen-bond donors (Lipinski definition) is 0. The highest BCUT2D eigenvalue weighted by Crippen LogP contribution is 2.33. The van der Waals surface area contributed by atoms with Gasteiger partial charge in [-0.3, -0.25) is 0 Å². The third kappa shape index (κ3) is 2.88. The fourth-order valence-corrected chi connectivity index (χ4v) is 4.21. The Morgan fingerprint density at radius 2 is 1.68 bits per heavy atom. The number of benzene rings is 1. The molecule has 0 radical (unpaired) electrons. The average molecular weight is 333 g/mol. The van der Waals surface area contributed by atoms with Crippen LogP contribution < -0.4 is 0 Å². The first kappa shape index (κ1) is 15.8. The molecule has 0 N–H and O–H groups in total.